The second-order valence-corrected chi connectivity index (χ2v) is 4.88. The Hall–Kier alpha value is -1.69. The van der Waals surface area contributed by atoms with Gasteiger partial charge in [-0.2, -0.15) is 0 Å². The van der Waals surface area contributed by atoms with Crippen LogP contribution in [0.2, 0.25) is 0 Å². The molecule has 0 bridgehead atoms. The van der Waals surface area contributed by atoms with E-state index in [1.54, 1.807) is 17.5 Å². The van der Waals surface area contributed by atoms with Crippen LogP contribution < -0.4 is 0 Å². The van der Waals surface area contributed by atoms with Gasteiger partial charge in [0, 0.05) is 17.8 Å². The van der Waals surface area contributed by atoms with Gasteiger partial charge in [-0.1, -0.05) is 0 Å². The van der Waals surface area contributed by atoms with Gasteiger partial charge in [-0.25, -0.2) is 14.8 Å². The summed E-state index contributed by atoms with van der Waals surface area (Å²) in [5, 5.41) is 0. The Morgan fingerprint density at radius 3 is 2.83 bits per heavy atom. The average Bonchev–Trinajstić information content (AvgIpc) is 2.92. The standard InChI is InChI=1S/C12H15N3O2S/c1-8-11(18-7-14-8)4-5-15-9(2)13-6-10(15)12(16)17-3/h6-7H,4-5H2,1-3H3. The lowest BCUT2D eigenvalue weighted by molar-refractivity contribution is 0.0588. The van der Waals surface area contributed by atoms with Crippen LogP contribution in [0, 0.1) is 13.8 Å². The van der Waals surface area contributed by atoms with Gasteiger partial charge in [0.25, 0.3) is 0 Å². The summed E-state index contributed by atoms with van der Waals surface area (Å²) in [5.74, 6) is 0.467. The number of methoxy groups -OCH3 is 1. The smallest absolute Gasteiger partial charge is 0.356 e. The molecule has 0 atom stereocenters. The quantitative estimate of drug-likeness (QED) is 0.793. The molecule has 0 aliphatic heterocycles. The first-order valence-electron chi connectivity index (χ1n) is 5.63. The van der Waals surface area contributed by atoms with Crippen molar-refractivity contribution in [3.63, 3.8) is 0 Å². The average molecular weight is 265 g/mol. The fraction of sp³-hybridized carbons (Fsp3) is 0.417. The lowest BCUT2D eigenvalue weighted by Crippen LogP contribution is -2.13. The van der Waals surface area contributed by atoms with E-state index in [1.165, 1.54) is 12.0 Å². The second-order valence-electron chi connectivity index (χ2n) is 3.94. The zero-order valence-corrected chi connectivity index (χ0v) is 11.5. The molecule has 0 amide bonds. The molecule has 0 saturated carbocycles. The summed E-state index contributed by atoms with van der Waals surface area (Å²) in [4.78, 5) is 21.2. The highest BCUT2D eigenvalue weighted by atomic mass is 32.1. The molecule has 18 heavy (non-hydrogen) atoms. The van der Waals surface area contributed by atoms with Gasteiger partial charge in [-0.05, 0) is 13.8 Å². The fourth-order valence-corrected chi connectivity index (χ4v) is 2.57. The summed E-state index contributed by atoms with van der Waals surface area (Å²) in [6.45, 7) is 4.58. The summed E-state index contributed by atoms with van der Waals surface area (Å²) in [6, 6.07) is 0. The number of ether oxygens (including phenoxy) is 1. The van der Waals surface area contributed by atoms with Crippen molar-refractivity contribution in [2.45, 2.75) is 26.8 Å². The lowest BCUT2D eigenvalue weighted by Gasteiger charge is -2.08. The van der Waals surface area contributed by atoms with Gasteiger partial charge in [0.2, 0.25) is 0 Å². The van der Waals surface area contributed by atoms with E-state index in [1.807, 2.05) is 23.9 Å². The number of hydrogen-bond donors (Lipinski definition) is 0. The predicted octanol–water partition coefficient (Wildman–Crippen LogP) is 1.99. The number of carbonyl (C=O) groups excluding carboxylic acids is 1. The Kier molecular flexibility index (Phi) is 3.76. The van der Waals surface area contributed by atoms with Crippen molar-refractivity contribution in [2.75, 3.05) is 7.11 Å². The molecule has 96 valence electrons. The third-order valence-electron chi connectivity index (χ3n) is 2.86. The summed E-state index contributed by atoms with van der Waals surface area (Å²) < 4.78 is 6.62. The van der Waals surface area contributed by atoms with Gasteiger partial charge in [0.15, 0.2) is 0 Å². The van der Waals surface area contributed by atoms with Crippen molar-refractivity contribution >= 4 is 17.3 Å². The highest BCUT2D eigenvalue weighted by Gasteiger charge is 2.15. The molecular formula is C12H15N3O2S. The minimum atomic E-state index is -0.350. The van der Waals surface area contributed by atoms with E-state index in [0.717, 1.165) is 17.9 Å². The number of aromatic nitrogens is 3. The van der Waals surface area contributed by atoms with Crippen molar-refractivity contribution in [3.8, 4) is 0 Å². The predicted molar refractivity (Wildman–Crippen MR) is 68.9 cm³/mol. The molecule has 2 aromatic rings. The Labute approximate surface area is 109 Å². The van der Waals surface area contributed by atoms with Gasteiger partial charge in [-0.3, -0.25) is 0 Å². The molecule has 0 fully saturated rings. The molecule has 0 unspecified atom stereocenters. The highest BCUT2D eigenvalue weighted by Crippen LogP contribution is 2.15. The maximum atomic E-state index is 11.6. The normalized spacial score (nSPS) is 10.6. The molecule has 0 radical (unpaired) electrons. The maximum Gasteiger partial charge on any atom is 0.356 e. The molecule has 0 aromatic carbocycles. The van der Waals surface area contributed by atoms with E-state index in [-0.39, 0.29) is 5.97 Å². The van der Waals surface area contributed by atoms with Crippen LogP contribution in [-0.4, -0.2) is 27.6 Å². The van der Waals surface area contributed by atoms with E-state index in [0.29, 0.717) is 12.2 Å². The molecule has 2 heterocycles. The number of aryl methyl sites for hydroxylation is 3. The largest absolute Gasteiger partial charge is 0.464 e. The van der Waals surface area contributed by atoms with E-state index in [2.05, 4.69) is 9.97 Å². The third kappa shape index (κ3) is 2.43. The molecule has 0 saturated heterocycles. The molecule has 2 aromatic heterocycles. The molecule has 0 spiro atoms. The Balaban J connectivity index is 2.16. The van der Waals surface area contributed by atoms with Crippen LogP contribution in [0.25, 0.3) is 0 Å². The van der Waals surface area contributed by atoms with Crippen LogP contribution in [0.15, 0.2) is 11.7 Å². The number of carbonyl (C=O) groups is 1. The van der Waals surface area contributed by atoms with Crippen LogP contribution in [0.5, 0.6) is 0 Å². The molecule has 6 heteroatoms. The number of imidazole rings is 1. The highest BCUT2D eigenvalue weighted by molar-refractivity contribution is 7.09. The van der Waals surface area contributed by atoms with E-state index in [4.69, 9.17) is 4.74 Å². The second kappa shape index (κ2) is 5.30. The van der Waals surface area contributed by atoms with Gasteiger partial charge in [0.1, 0.15) is 11.5 Å². The number of esters is 1. The zero-order chi connectivity index (χ0) is 13.1. The van der Waals surface area contributed by atoms with Gasteiger partial charge in [0.05, 0.1) is 24.5 Å². The summed E-state index contributed by atoms with van der Waals surface area (Å²) in [5.41, 5.74) is 3.39. The Morgan fingerprint density at radius 1 is 1.44 bits per heavy atom. The third-order valence-corrected chi connectivity index (χ3v) is 3.85. The SMILES string of the molecule is COC(=O)c1cnc(C)n1CCc1scnc1C. The molecule has 5 nitrogen and oxygen atoms in total. The van der Waals surface area contributed by atoms with Crippen molar-refractivity contribution in [3.05, 3.63) is 33.8 Å². The number of rotatable bonds is 4. The Morgan fingerprint density at radius 2 is 2.22 bits per heavy atom. The summed E-state index contributed by atoms with van der Waals surface area (Å²) >= 11 is 1.64. The minimum absolute atomic E-state index is 0.350. The van der Waals surface area contributed by atoms with Crippen LogP contribution >= 0.6 is 11.3 Å². The van der Waals surface area contributed by atoms with Gasteiger partial charge < -0.3 is 9.30 Å². The van der Waals surface area contributed by atoms with E-state index < -0.39 is 0 Å². The molecular weight excluding hydrogens is 250 g/mol. The number of thiazole rings is 1. The first-order valence-corrected chi connectivity index (χ1v) is 6.51. The van der Waals surface area contributed by atoms with Crippen LogP contribution in [0.4, 0.5) is 0 Å². The van der Waals surface area contributed by atoms with E-state index >= 15 is 0 Å². The lowest BCUT2D eigenvalue weighted by atomic mass is 10.3. The van der Waals surface area contributed by atoms with Gasteiger partial charge in [-0.15, -0.1) is 11.3 Å². The monoisotopic (exact) mass is 265 g/mol. The zero-order valence-electron chi connectivity index (χ0n) is 10.6. The Bertz CT molecular complexity index is 559. The topological polar surface area (TPSA) is 57.0 Å². The molecule has 0 aliphatic carbocycles. The molecule has 2 rings (SSSR count). The van der Waals surface area contributed by atoms with Crippen molar-refractivity contribution in [1.82, 2.24) is 14.5 Å². The van der Waals surface area contributed by atoms with Crippen LogP contribution in [0.1, 0.15) is 26.9 Å². The fourth-order valence-electron chi connectivity index (χ4n) is 1.80. The molecule has 0 N–H and O–H groups in total. The summed E-state index contributed by atoms with van der Waals surface area (Å²) in [7, 11) is 1.38. The van der Waals surface area contributed by atoms with Crippen molar-refractivity contribution in [2.24, 2.45) is 0 Å². The van der Waals surface area contributed by atoms with E-state index in [9.17, 15) is 4.79 Å². The van der Waals surface area contributed by atoms with Crippen molar-refractivity contribution in [1.29, 1.82) is 0 Å². The first-order chi connectivity index (χ1) is 8.63. The number of nitrogens with zero attached hydrogens (tertiary/aromatic N) is 3. The van der Waals surface area contributed by atoms with Gasteiger partial charge >= 0.3 is 5.97 Å². The first kappa shape index (κ1) is 12.8. The molecule has 0 aliphatic rings. The minimum Gasteiger partial charge on any atom is -0.464 e. The number of hydrogen-bond acceptors (Lipinski definition) is 5. The van der Waals surface area contributed by atoms with Crippen LogP contribution in [0.3, 0.4) is 0 Å². The van der Waals surface area contributed by atoms with Crippen molar-refractivity contribution < 1.29 is 9.53 Å². The maximum absolute atomic E-state index is 11.6. The summed E-state index contributed by atoms with van der Waals surface area (Å²) in [6.07, 6.45) is 2.40. The van der Waals surface area contributed by atoms with Crippen LogP contribution in [-0.2, 0) is 17.7 Å².